The molecule has 0 bridgehead atoms. The monoisotopic (exact) mass is 354 g/mol. The van der Waals surface area contributed by atoms with Crippen molar-refractivity contribution in [2.75, 3.05) is 0 Å². The fraction of sp³-hybridized carbons (Fsp3) is 0. The van der Waals surface area contributed by atoms with E-state index in [9.17, 15) is 4.79 Å². The molecule has 0 amide bonds. The van der Waals surface area contributed by atoms with Gasteiger partial charge in [-0.25, -0.2) is 9.78 Å². The SMILES string of the molecule is O=C(O)c1cc(-c2csc(-c3ccc(Br)s3)n2)c[nH]1. The highest BCUT2D eigenvalue weighted by atomic mass is 79.9. The van der Waals surface area contributed by atoms with Crippen LogP contribution in [0.1, 0.15) is 10.5 Å². The van der Waals surface area contributed by atoms with Crippen molar-refractivity contribution in [3.8, 4) is 21.1 Å². The fourth-order valence-electron chi connectivity index (χ4n) is 1.61. The minimum Gasteiger partial charge on any atom is -0.477 e. The molecular formula is C12H7BrN2O2S2. The molecule has 96 valence electrons. The number of hydrogen-bond acceptors (Lipinski definition) is 4. The minimum absolute atomic E-state index is 0.170. The Hall–Kier alpha value is -1.44. The summed E-state index contributed by atoms with van der Waals surface area (Å²) in [6, 6.07) is 5.59. The summed E-state index contributed by atoms with van der Waals surface area (Å²) in [6.07, 6.45) is 1.66. The second-order valence-corrected chi connectivity index (χ2v) is 7.07. The molecule has 0 fully saturated rings. The van der Waals surface area contributed by atoms with Gasteiger partial charge in [0.2, 0.25) is 0 Å². The number of thiazole rings is 1. The van der Waals surface area contributed by atoms with E-state index in [0.29, 0.717) is 0 Å². The molecule has 0 radical (unpaired) electrons. The van der Waals surface area contributed by atoms with E-state index in [1.54, 1.807) is 34.9 Å². The van der Waals surface area contributed by atoms with Crippen LogP contribution in [0.25, 0.3) is 21.1 Å². The Balaban J connectivity index is 1.94. The molecule has 0 atom stereocenters. The molecule has 3 aromatic heterocycles. The lowest BCUT2D eigenvalue weighted by molar-refractivity contribution is 0.0691. The van der Waals surface area contributed by atoms with Gasteiger partial charge in [-0.2, -0.15) is 0 Å². The first kappa shape index (κ1) is 12.6. The molecule has 0 aliphatic carbocycles. The Morgan fingerprint density at radius 2 is 2.26 bits per heavy atom. The third-order valence-electron chi connectivity index (χ3n) is 2.50. The van der Waals surface area contributed by atoms with Gasteiger partial charge in [-0.05, 0) is 34.1 Å². The topological polar surface area (TPSA) is 66.0 Å². The van der Waals surface area contributed by atoms with Crippen molar-refractivity contribution in [3.63, 3.8) is 0 Å². The lowest BCUT2D eigenvalue weighted by Gasteiger charge is -1.89. The standard InChI is InChI=1S/C12H7BrN2O2S2/c13-10-2-1-9(19-10)11-15-8(5-18-11)6-3-7(12(16)17)14-4-6/h1-5,14H,(H,16,17). The van der Waals surface area contributed by atoms with Gasteiger partial charge in [0.25, 0.3) is 0 Å². The van der Waals surface area contributed by atoms with E-state index in [1.165, 1.54) is 0 Å². The maximum Gasteiger partial charge on any atom is 0.352 e. The van der Waals surface area contributed by atoms with Gasteiger partial charge in [0, 0.05) is 17.1 Å². The Kier molecular flexibility index (Phi) is 3.26. The predicted octanol–water partition coefficient (Wildman–Crippen LogP) is 4.33. The highest BCUT2D eigenvalue weighted by Gasteiger charge is 2.12. The number of rotatable bonds is 3. The number of halogens is 1. The summed E-state index contributed by atoms with van der Waals surface area (Å²) in [6.45, 7) is 0. The van der Waals surface area contributed by atoms with Crippen LogP contribution in [0.2, 0.25) is 0 Å². The van der Waals surface area contributed by atoms with E-state index in [1.807, 2.05) is 17.5 Å². The number of hydrogen-bond donors (Lipinski definition) is 2. The number of aromatic amines is 1. The van der Waals surface area contributed by atoms with E-state index in [4.69, 9.17) is 5.11 Å². The molecule has 0 saturated heterocycles. The number of carboxylic acids is 1. The molecule has 2 N–H and O–H groups in total. The van der Waals surface area contributed by atoms with E-state index in [0.717, 1.165) is 24.9 Å². The maximum atomic E-state index is 10.8. The fourth-order valence-corrected chi connectivity index (χ4v) is 3.90. The van der Waals surface area contributed by atoms with Crippen molar-refractivity contribution >= 4 is 44.6 Å². The molecule has 0 unspecified atom stereocenters. The lowest BCUT2D eigenvalue weighted by Crippen LogP contribution is -1.94. The zero-order chi connectivity index (χ0) is 13.4. The van der Waals surface area contributed by atoms with Crippen molar-refractivity contribution in [2.45, 2.75) is 0 Å². The van der Waals surface area contributed by atoms with E-state index >= 15 is 0 Å². The highest BCUT2D eigenvalue weighted by molar-refractivity contribution is 9.11. The van der Waals surface area contributed by atoms with Crippen molar-refractivity contribution < 1.29 is 9.90 Å². The van der Waals surface area contributed by atoms with Crippen molar-refractivity contribution in [2.24, 2.45) is 0 Å². The molecule has 19 heavy (non-hydrogen) atoms. The molecular weight excluding hydrogens is 348 g/mol. The van der Waals surface area contributed by atoms with Crippen LogP contribution < -0.4 is 0 Å². The van der Waals surface area contributed by atoms with Crippen LogP contribution >= 0.6 is 38.6 Å². The van der Waals surface area contributed by atoms with Gasteiger partial charge in [-0.1, -0.05) is 0 Å². The number of nitrogens with zero attached hydrogens (tertiary/aromatic N) is 1. The third kappa shape index (κ3) is 2.49. The van der Waals surface area contributed by atoms with Gasteiger partial charge >= 0.3 is 5.97 Å². The smallest absolute Gasteiger partial charge is 0.352 e. The van der Waals surface area contributed by atoms with Crippen LogP contribution in [0.5, 0.6) is 0 Å². The first-order valence-electron chi connectivity index (χ1n) is 5.27. The average molecular weight is 355 g/mol. The molecule has 3 heterocycles. The number of aromatic carboxylic acids is 1. The van der Waals surface area contributed by atoms with Crippen LogP contribution in [0.4, 0.5) is 0 Å². The minimum atomic E-state index is -0.969. The third-order valence-corrected chi connectivity index (χ3v) is 5.13. The summed E-state index contributed by atoms with van der Waals surface area (Å²) in [4.78, 5) is 19.2. The average Bonchev–Trinajstić information content (AvgIpc) is 3.07. The summed E-state index contributed by atoms with van der Waals surface area (Å²) in [5.41, 5.74) is 1.74. The van der Waals surface area contributed by atoms with Crippen LogP contribution in [0.15, 0.2) is 33.6 Å². The van der Waals surface area contributed by atoms with Gasteiger partial charge in [-0.15, -0.1) is 22.7 Å². The van der Waals surface area contributed by atoms with Gasteiger partial charge in [0.05, 0.1) is 14.4 Å². The highest BCUT2D eigenvalue weighted by Crippen LogP contribution is 2.35. The van der Waals surface area contributed by atoms with Crippen LogP contribution in [0, 0.1) is 0 Å². The Morgan fingerprint density at radius 3 is 2.89 bits per heavy atom. The van der Waals surface area contributed by atoms with Gasteiger partial charge in [0.1, 0.15) is 10.7 Å². The molecule has 0 aliphatic heterocycles. The quantitative estimate of drug-likeness (QED) is 0.735. The van der Waals surface area contributed by atoms with E-state index in [2.05, 4.69) is 25.9 Å². The summed E-state index contributed by atoms with van der Waals surface area (Å²) >= 11 is 6.59. The summed E-state index contributed by atoms with van der Waals surface area (Å²) in [5, 5.41) is 11.7. The lowest BCUT2D eigenvalue weighted by atomic mass is 10.2. The molecule has 7 heteroatoms. The molecule has 3 rings (SSSR count). The molecule has 0 saturated carbocycles. The summed E-state index contributed by atoms with van der Waals surface area (Å²) in [5.74, 6) is -0.969. The van der Waals surface area contributed by atoms with Crippen LogP contribution in [-0.2, 0) is 0 Å². The first-order chi connectivity index (χ1) is 9.13. The second kappa shape index (κ2) is 4.92. The Labute approximate surface area is 124 Å². The predicted molar refractivity (Wildman–Crippen MR) is 79.9 cm³/mol. The molecule has 4 nitrogen and oxygen atoms in total. The molecule has 3 aromatic rings. The Morgan fingerprint density at radius 1 is 1.42 bits per heavy atom. The van der Waals surface area contributed by atoms with E-state index < -0.39 is 5.97 Å². The van der Waals surface area contributed by atoms with E-state index in [-0.39, 0.29) is 5.69 Å². The number of nitrogens with one attached hydrogen (secondary N) is 1. The van der Waals surface area contributed by atoms with Crippen molar-refractivity contribution in [1.29, 1.82) is 0 Å². The number of carboxylic acid groups (broad SMARTS) is 1. The second-order valence-electron chi connectivity index (χ2n) is 3.75. The normalized spacial score (nSPS) is 10.8. The Bertz CT molecular complexity index is 744. The zero-order valence-electron chi connectivity index (χ0n) is 9.38. The number of H-pyrrole nitrogens is 1. The summed E-state index contributed by atoms with van der Waals surface area (Å²) in [7, 11) is 0. The van der Waals surface area contributed by atoms with Gasteiger partial charge in [0.15, 0.2) is 0 Å². The van der Waals surface area contributed by atoms with Crippen molar-refractivity contribution in [3.05, 3.63) is 39.3 Å². The van der Waals surface area contributed by atoms with Gasteiger partial charge in [-0.3, -0.25) is 0 Å². The number of carbonyl (C=O) groups is 1. The maximum absolute atomic E-state index is 10.8. The van der Waals surface area contributed by atoms with Crippen molar-refractivity contribution in [1.82, 2.24) is 9.97 Å². The molecule has 0 aliphatic rings. The number of thiophene rings is 1. The first-order valence-corrected chi connectivity index (χ1v) is 7.76. The molecule has 0 aromatic carbocycles. The van der Waals surface area contributed by atoms with Crippen LogP contribution in [0.3, 0.4) is 0 Å². The number of aromatic nitrogens is 2. The van der Waals surface area contributed by atoms with Crippen LogP contribution in [-0.4, -0.2) is 21.0 Å². The largest absolute Gasteiger partial charge is 0.477 e. The summed E-state index contributed by atoms with van der Waals surface area (Å²) < 4.78 is 1.06. The zero-order valence-corrected chi connectivity index (χ0v) is 12.6. The molecule has 0 spiro atoms. The van der Waals surface area contributed by atoms with Gasteiger partial charge < -0.3 is 10.1 Å².